The summed E-state index contributed by atoms with van der Waals surface area (Å²) in [6, 6.07) is 2.96. The van der Waals surface area contributed by atoms with Crippen LogP contribution in [-0.4, -0.2) is 79.3 Å². The average Bonchev–Trinajstić information content (AvgIpc) is 2.94. The molecule has 0 saturated carbocycles. The summed E-state index contributed by atoms with van der Waals surface area (Å²) in [6.45, 7) is -0.731. The third-order valence-electron chi connectivity index (χ3n) is 5.89. The van der Waals surface area contributed by atoms with Gasteiger partial charge in [-0.3, -0.25) is 14.4 Å². The minimum absolute atomic E-state index is 0.123. The number of hydrogen-bond donors (Lipinski definition) is 6. The lowest BCUT2D eigenvalue weighted by atomic mass is 9.99. The normalized spacial score (nSPS) is 13.5. The van der Waals surface area contributed by atoms with Crippen LogP contribution in [0, 0.1) is 5.82 Å². The number of carbonyl (C=O) groups is 3. The standard InChI is InChI=1S/C26H33F5N6O5/c27-7-12-42-20-6-5-17(13-18(20)28)35-25(41)22(23(39)15-1-3-16(4-2-15)26(29,30)31)36-24(40)19(34)14-21(38)37(10-8-32)11-9-33/h1-6,13,19,22-23,39H,7-12,14,32-34H2,(H,35,41)(H,36,40)/t19-,22-,23+/m0/s1. The Labute approximate surface area is 238 Å². The number of aliphatic hydroxyl groups is 1. The number of ether oxygens (including phenoxy) is 1. The van der Waals surface area contributed by atoms with Gasteiger partial charge in [-0.1, -0.05) is 12.1 Å². The van der Waals surface area contributed by atoms with Gasteiger partial charge >= 0.3 is 6.18 Å². The third-order valence-corrected chi connectivity index (χ3v) is 5.89. The number of halogens is 5. The van der Waals surface area contributed by atoms with Gasteiger partial charge in [-0.25, -0.2) is 8.78 Å². The van der Waals surface area contributed by atoms with Gasteiger partial charge in [0, 0.05) is 37.9 Å². The van der Waals surface area contributed by atoms with E-state index in [-0.39, 0.29) is 43.2 Å². The number of amides is 3. The number of aliphatic hydroxyl groups excluding tert-OH is 1. The molecule has 0 aromatic heterocycles. The molecule has 16 heteroatoms. The lowest BCUT2D eigenvalue weighted by Gasteiger charge is -2.26. The molecule has 2 rings (SSSR count). The van der Waals surface area contributed by atoms with Crippen LogP contribution in [0.1, 0.15) is 23.7 Å². The molecule has 11 nitrogen and oxygen atoms in total. The number of nitrogens with two attached hydrogens (primary N) is 3. The van der Waals surface area contributed by atoms with Gasteiger partial charge in [0.1, 0.15) is 25.4 Å². The zero-order chi connectivity index (χ0) is 31.4. The SMILES string of the molecule is NCCN(CCN)C(=O)C[C@H](N)C(=O)N[C@H](C(=O)Nc1ccc(OCCF)c(F)c1)[C@H](O)c1ccc(C(F)(F)F)cc1. The van der Waals surface area contributed by atoms with Crippen molar-refractivity contribution in [1.82, 2.24) is 10.2 Å². The van der Waals surface area contributed by atoms with Crippen molar-refractivity contribution in [2.75, 3.05) is 44.8 Å². The zero-order valence-corrected chi connectivity index (χ0v) is 22.4. The van der Waals surface area contributed by atoms with Crippen LogP contribution in [0.25, 0.3) is 0 Å². The highest BCUT2D eigenvalue weighted by atomic mass is 19.4. The molecule has 3 atom stereocenters. The Morgan fingerprint density at radius 1 is 1.00 bits per heavy atom. The van der Waals surface area contributed by atoms with E-state index in [0.717, 1.165) is 24.3 Å². The van der Waals surface area contributed by atoms with E-state index >= 15 is 0 Å². The second kappa shape index (κ2) is 16.0. The van der Waals surface area contributed by atoms with E-state index < -0.39 is 73.2 Å². The highest BCUT2D eigenvalue weighted by Gasteiger charge is 2.34. The number of benzene rings is 2. The summed E-state index contributed by atoms with van der Waals surface area (Å²) >= 11 is 0. The summed E-state index contributed by atoms with van der Waals surface area (Å²) in [5.74, 6) is -3.95. The van der Waals surface area contributed by atoms with Crippen LogP contribution < -0.4 is 32.6 Å². The second-order valence-electron chi connectivity index (χ2n) is 8.99. The highest BCUT2D eigenvalue weighted by Crippen LogP contribution is 2.30. The van der Waals surface area contributed by atoms with Crippen molar-refractivity contribution in [3.63, 3.8) is 0 Å². The van der Waals surface area contributed by atoms with Crippen molar-refractivity contribution in [3.8, 4) is 5.75 Å². The minimum atomic E-state index is -4.67. The molecule has 0 radical (unpaired) electrons. The molecule has 0 aliphatic rings. The Morgan fingerprint density at radius 2 is 1.62 bits per heavy atom. The molecule has 42 heavy (non-hydrogen) atoms. The summed E-state index contributed by atoms with van der Waals surface area (Å²) in [6.07, 6.45) is -7.08. The predicted molar refractivity (Wildman–Crippen MR) is 142 cm³/mol. The van der Waals surface area contributed by atoms with E-state index in [4.69, 9.17) is 21.9 Å². The van der Waals surface area contributed by atoms with E-state index in [0.29, 0.717) is 12.1 Å². The van der Waals surface area contributed by atoms with E-state index in [1.807, 2.05) is 0 Å². The second-order valence-corrected chi connectivity index (χ2v) is 8.99. The van der Waals surface area contributed by atoms with Crippen molar-refractivity contribution in [2.45, 2.75) is 30.8 Å². The van der Waals surface area contributed by atoms with Gasteiger partial charge in [-0.15, -0.1) is 0 Å². The number of anilines is 1. The maximum absolute atomic E-state index is 14.3. The topological polar surface area (TPSA) is 186 Å². The fourth-order valence-corrected chi connectivity index (χ4v) is 3.76. The molecule has 0 heterocycles. The van der Waals surface area contributed by atoms with Crippen LogP contribution in [-0.2, 0) is 20.6 Å². The Morgan fingerprint density at radius 3 is 2.14 bits per heavy atom. The van der Waals surface area contributed by atoms with Crippen molar-refractivity contribution >= 4 is 23.4 Å². The van der Waals surface area contributed by atoms with Crippen molar-refractivity contribution in [3.05, 3.63) is 59.4 Å². The molecule has 0 fully saturated rings. The number of carbonyl (C=O) groups excluding carboxylic acids is 3. The van der Waals surface area contributed by atoms with Crippen molar-refractivity contribution in [1.29, 1.82) is 0 Å². The van der Waals surface area contributed by atoms with Crippen LogP contribution in [0.3, 0.4) is 0 Å². The summed E-state index contributed by atoms with van der Waals surface area (Å²) < 4.78 is 70.5. The molecule has 0 bridgehead atoms. The van der Waals surface area contributed by atoms with Crippen molar-refractivity contribution in [2.24, 2.45) is 17.2 Å². The fourth-order valence-electron chi connectivity index (χ4n) is 3.76. The van der Waals surface area contributed by atoms with Crippen LogP contribution >= 0.6 is 0 Å². The molecule has 2 aromatic rings. The molecule has 9 N–H and O–H groups in total. The Balaban J connectivity index is 2.29. The molecular weight excluding hydrogens is 571 g/mol. The number of hydrogen-bond acceptors (Lipinski definition) is 8. The largest absolute Gasteiger partial charge is 0.488 e. The smallest absolute Gasteiger partial charge is 0.416 e. The molecule has 0 unspecified atom stereocenters. The Bertz CT molecular complexity index is 1200. The lowest BCUT2D eigenvalue weighted by molar-refractivity contribution is -0.137. The summed E-state index contributed by atoms with van der Waals surface area (Å²) in [4.78, 5) is 39.9. The van der Waals surface area contributed by atoms with Crippen LogP contribution in [0.5, 0.6) is 5.75 Å². The van der Waals surface area contributed by atoms with Gasteiger partial charge in [0.15, 0.2) is 11.6 Å². The van der Waals surface area contributed by atoms with Gasteiger partial charge in [-0.05, 0) is 29.8 Å². The Kier molecular flexibility index (Phi) is 13.0. The summed E-state index contributed by atoms with van der Waals surface area (Å²) in [5.41, 5.74) is 15.5. The lowest BCUT2D eigenvalue weighted by Crippen LogP contribution is -2.53. The first-order valence-electron chi connectivity index (χ1n) is 12.7. The van der Waals surface area contributed by atoms with Crippen LogP contribution in [0.4, 0.5) is 27.6 Å². The third kappa shape index (κ3) is 9.90. The quantitative estimate of drug-likeness (QED) is 0.161. The first-order chi connectivity index (χ1) is 19.8. The monoisotopic (exact) mass is 604 g/mol. The van der Waals surface area contributed by atoms with E-state index in [1.54, 1.807) is 0 Å². The molecule has 0 spiro atoms. The summed E-state index contributed by atoms with van der Waals surface area (Å²) in [7, 11) is 0. The molecule has 0 saturated heterocycles. The molecule has 2 aromatic carbocycles. The van der Waals surface area contributed by atoms with Gasteiger partial charge in [0.05, 0.1) is 18.0 Å². The van der Waals surface area contributed by atoms with Gasteiger partial charge in [-0.2, -0.15) is 13.2 Å². The van der Waals surface area contributed by atoms with E-state index in [9.17, 15) is 41.4 Å². The summed E-state index contributed by atoms with van der Waals surface area (Å²) in [5, 5.41) is 15.4. The number of nitrogens with zero attached hydrogens (tertiary/aromatic N) is 1. The van der Waals surface area contributed by atoms with Gasteiger partial charge < -0.3 is 42.6 Å². The average molecular weight is 605 g/mol. The first kappa shape index (κ1) is 34.3. The maximum Gasteiger partial charge on any atom is 0.416 e. The van der Waals surface area contributed by atoms with Crippen molar-refractivity contribution < 1.29 is 46.2 Å². The van der Waals surface area contributed by atoms with E-state index in [2.05, 4.69) is 10.6 Å². The zero-order valence-electron chi connectivity index (χ0n) is 22.4. The Hall–Kier alpha value is -3.86. The first-order valence-corrected chi connectivity index (χ1v) is 12.7. The van der Waals surface area contributed by atoms with Gasteiger partial charge in [0.25, 0.3) is 0 Å². The molecule has 232 valence electrons. The van der Waals surface area contributed by atoms with Crippen LogP contribution in [0.2, 0.25) is 0 Å². The molecule has 0 aliphatic heterocycles. The molecular formula is C26H33F5N6O5. The van der Waals surface area contributed by atoms with E-state index in [1.165, 1.54) is 11.0 Å². The number of nitrogens with one attached hydrogen (secondary N) is 2. The maximum atomic E-state index is 14.3. The fraction of sp³-hybridized carbons (Fsp3) is 0.423. The van der Waals surface area contributed by atoms with Gasteiger partial charge in [0.2, 0.25) is 17.7 Å². The number of rotatable bonds is 15. The molecule has 0 aliphatic carbocycles. The predicted octanol–water partition coefficient (Wildman–Crippen LogP) is 0.813. The molecule has 3 amide bonds. The number of alkyl halides is 4. The highest BCUT2D eigenvalue weighted by molar-refractivity contribution is 5.99. The minimum Gasteiger partial charge on any atom is -0.488 e. The van der Waals surface area contributed by atoms with Crippen LogP contribution in [0.15, 0.2) is 42.5 Å².